The Labute approximate surface area is 213 Å². The van der Waals surface area contributed by atoms with E-state index in [4.69, 9.17) is 16.6 Å². The van der Waals surface area contributed by atoms with Crippen molar-refractivity contribution in [1.82, 2.24) is 4.98 Å². The van der Waals surface area contributed by atoms with E-state index < -0.39 is 0 Å². The maximum atomic E-state index is 13.5. The van der Waals surface area contributed by atoms with Gasteiger partial charge in [-0.1, -0.05) is 66.2 Å². The number of hydrogen-bond acceptors (Lipinski definition) is 3. The van der Waals surface area contributed by atoms with E-state index in [1.165, 1.54) is 0 Å². The van der Waals surface area contributed by atoms with E-state index in [9.17, 15) is 9.59 Å². The fourth-order valence-corrected chi connectivity index (χ4v) is 4.14. The largest absolute Gasteiger partial charge is 0.322 e. The summed E-state index contributed by atoms with van der Waals surface area (Å²) in [6.07, 6.45) is 0. The first kappa shape index (κ1) is 23.3. The van der Waals surface area contributed by atoms with Crippen molar-refractivity contribution >= 4 is 45.7 Å². The van der Waals surface area contributed by atoms with Crippen LogP contribution >= 0.6 is 11.6 Å². The monoisotopic (exact) mass is 491 g/mol. The summed E-state index contributed by atoms with van der Waals surface area (Å²) >= 11 is 6.06. The van der Waals surface area contributed by atoms with E-state index >= 15 is 0 Å². The number of aryl methyl sites for hydroxylation is 1. The third kappa shape index (κ3) is 4.97. The zero-order chi connectivity index (χ0) is 25.1. The Morgan fingerprint density at radius 1 is 0.722 bits per heavy atom. The van der Waals surface area contributed by atoms with E-state index in [1.54, 1.807) is 54.6 Å². The minimum absolute atomic E-state index is 0.220. The summed E-state index contributed by atoms with van der Waals surface area (Å²) < 4.78 is 0. The second kappa shape index (κ2) is 10.0. The molecule has 4 aromatic carbocycles. The molecule has 1 aromatic heterocycles. The van der Waals surface area contributed by atoms with Gasteiger partial charge in [-0.25, -0.2) is 4.98 Å². The highest BCUT2D eigenvalue weighted by molar-refractivity contribution is 6.30. The number of benzene rings is 4. The molecule has 0 radical (unpaired) electrons. The average Bonchev–Trinajstić information content (AvgIpc) is 2.89. The van der Waals surface area contributed by atoms with Crippen LogP contribution in [0.2, 0.25) is 5.02 Å². The van der Waals surface area contributed by atoms with Crippen LogP contribution in [-0.2, 0) is 0 Å². The van der Waals surface area contributed by atoms with Gasteiger partial charge < -0.3 is 10.6 Å². The molecule has 0 bridgehead atoms. The van der Waals surface area contributed by atoms with Gasteiger partial charge in [0.2, 0.25) is 0 Å². The fraction of sp³-hybridized carbons (Fsp3) is 0.0333. The number of aromatic nitrogens is 1. The molecule has 0 spiro atoms. The van der Waals surface area contributed by atoms with Gasteiger partial charge in [-0.05, 0) is 61.0 Å². The summed E-state index contributed by atoms with van der Waals surface area (Å²) in [7, 11) is 0. The summed E-state index contributed by atoms with van der Waals surface area (Å²) in [6.45, 7) is 1.97. The summed E-state index contributed by atoms with van der Waals surface area (Å²) in [5.41, 5.74) is 5.50. The van der Waals surface area contributed by atoms with E-state index in [1.807, 2.05) is 55.5 Å². The van der Waals surface area contributed by atoms with E-state index in [2.05, 4.69) is 10.6 Å². The number of nitrogens with zero attached hydrogens (tertiary/aromatic N) is 1. The molecule has 0 aliphatic rings. The number of para-hydroxylation sites is 1. The third-order valence-corrected chi connectivity index (χ3v) is 6.09. The van der Waals surface area contributed by atoms with Gasteiger partial charge in [-0.3, -0.25) is 9.59 Å². The Morgan fingerprint density at radius 3 is 2.11 bits per heavy atom. The first-order valence-corrected chi connectivity index (χ1v) is 11.8. The van der Waals surface area contributed by atoms with E-state index in [0.29, 0.717) is 33.2 Å². The first-order chi connectivity index (χ1) is 17.5. The molecule has 0 aliphatic heterocycles. The zero-order valence-corrected chi connectivity index (χ0v) is 20.2. The number of rotatable bonds is 5. The quantitative estimate of drug-likeness (QED) is 0.269. The predicted molar refractivity (Wildman–Crippen MR) is 146 cm³/mol. The summed E-state index contributed by atoms with van der Waals surface area (Å²) in [5, 5.41) is 7.24. The van der Waals surface area contributed by atoms with Gasteiger partial charge in [0, 0.05) is 32.9 Å². The van der Waals surface area contributed by atoms with Gasteiger partial charge in [-0.2, -0.15) is 0 Å². The molecule has 2 N–H and O–H groups in total. The van der Waals surface area contributed by atoms with E-state index in [-0.39, 0.29) is 11.8 Å². The van der Waals surface area contributed by atoms with Gasteiger partial charge in [-0.15, -0.1) is 0 Å². The average molecular weight is 492 g/mol. The first-order valence-electron chi connectivity index (χ1n) is 11.4. The highest BCUT2D eigenvalue weighted by Gasteiger charge is 2.16. The highest BCUT2D eigenvalue weighted by atomic mass is 35.5. The van der Waals surface area contributed by atoms with Gasteiger partial charge in [0.25, 0.3) is 11.8 Å². The molecule has 0 unspecified atom stereocenters. The Hall–Kier alpha value is -4.48. The van der Waals surface area contributed by atoms with E-state index in [0.717, 1.165) is 22.0 Å². The maximum absolute atomic E-state index is 13.5. The number of pyridine rings is 1. The van der Waals surface area contributed by atoms with Gasteiger partial charge in [0.15, 0.2) is 0 Å². The minimum Gasteiger partial charge on any atom is -0.322 e. The minimum atomic E-state index is -0.269. The van der Waals surface area contributed by atoms with Crippen LogP contribution in [-0.4, -0.2) is 16.8 Å². The molecule has 36 heavy (non-hydrogen) atoms. The van der Waals surface area contributed by atoms with Gasteiger partial charge in [0.05, 0.1) is 16.8 Å². The maximum Gasteiger partial charge on any atom is 0.256 e. The lowest BCUT2D eigenvalue weighted by Crippen LogP contribution is -2.14. The molecule has 0 saturated heterocycles. The lowest BCUT2D eigenvalue weighted by Gasteiger charge is -2.13. The van der Waals surface area contributed by atoms with Crippen LogP contribution in [0.3, 0.4) is 0 Å². The Kier molecular flexibility index (Phi) is 6.48. The van der Waals surface area contributed by atoms with Crippen LogP contribution in [0.4, 0.5) is 11.4 Å². The number of fused-ring (bicyclic) bond motifs is 1. The van der Waals surface area contributed by atoms with Crippen LogP contribution in [0.1, 0.15) is 26.3 Å². The molecule has 0 fully saturated rings. The smallest absolute Gasteiger partial charge is 0.256 e. The highest BCUT2D eigenvalue weighted by Crippen LogP contribution is 2.28. The second-order valence-corrected chi connectivity index (χ2v) is 8.82. The molecular formula is C30H22ClN3O2. The molecule has 6 heteroatoms. The number of hydrogen-bond donors (Lipinski definition) is 2. The molecule has 2 amide bonds. The fourth-order valence-electron chi connectivity index (χ4n) is 4.01. The number of carbonyl (C=O) groups is 2. The number of anilines is 2. The number of carbonyl (C=O) groups excluding carboxylic acids is 2. The second-order valence-electron chi connectivity index (χ2n) is 8.39. The van der Waals surface area contributed by atoms with Crippen molar-refractivity contribution in [3.63, 3.8) is 0 Å². The molecule has 5 aromatic rings. The molecule has 176 valence electrons. The number of nitrogens with one attached hydrogen (secondary N) is 2. The van der Waals surface area contributed by atoms with Crippen molar-refractivity contribution in [2.45, 2.75) is 6.92 Å². The van der Waals surface area contributed by atoms with Crippen LogP contribution in [0.15, 0.2) is 103 Å². The van der Waals surface area contributed by atoms with Crippen molar-refractivity contribution in [1.29, 1.82) is 0 Å². The molecule has 5 nitrogen and oxygen atoms in total. The Balaban J connectivity index is 1.46. The molecule has 0 saturated carbocycles. The molecule has 0 atom stereocenters. The van der Waals surface area contributed by atoms with Crippen molar-refractivity contribution in [2.24, 2.45) is 0 Å². The Morgan fingerprint density at radius 2 is 1.39 bits per heavy atom. The number of halogens is 1. The normalized spacial score (nSPS) is 10.7. The summed E-state index contributed by atoms with van der Waals surface area (Å²) in [4.78, 5) is 30.8. The SMILES string of the molecule is Cc1cccc2c(C(=O)Nc3cccc(NC(=O)c4ccccc4)c3)cc(-c3ccc(Cl)cc3)nc12. The number of amides is 2. The summed E-state index contributed by atoms with van der Waals surface area (Å²) in [5.74, 6) is -0.489. The third-order valence-electron chi connectivity index (χ3n) is 5.84. The van der Waals surface area contributed by atoms with Crippen molar-refractivity contribution in [2.75, 3.05) is 10.6 Å². The lowest BCUT2D eigenvalue weighted by molar-refractivity contribution is 0.102. The lowest BCUT2D eigenvalue weighted by atomic mass is 10.0. The molecular weight excluding hydrogens is 470 g/mol. The van der Waals surface area contributed by atoms with Crippen molar-refractivity contribution in [3.8, 4) is 11.3 Å². The van der Waals surface area contributed by atoms with Crippen LogP contribution in [0.25, 0.3) is 22.2 Å². The topological polar surface area (TPSA) is 71.1 Å². The standard InChI is InChI=1S/C30H22ClN3O2/c1-19-7-5-12-25-26(18-27(34-28(19)25)20-13-15-22(31)16-14-20)30(36)33-24-11-6-10-23(17-24)32-29(35)21-8-3-2-4-9-21/h2-18H,1H3,(H,32,35)(H,33,36). The van der Waals surface area contributed by atoms with Crippen LogP contribution in [0.5, 0.6) is 0 Å². The molecule has 0 aliphatic carbocycles. The summed E-state index contributed by atoms with van der Waals surface area (Å²) in [6, 6.07) is 31.0. The van der Waals surface area contributed by atoms with Gasteiger partial charge in [0.1, 0.15) is 0 Å². The predicted octanol–water partition coefficient (Wildman–Crippen LogP) is 7.37. The van der Waals surface area contributed by atoms with Crippen LogP contribution < -0.4 is 10.6 Å². The van der Waals surface area contributed by atoms with Gasteiger partial charge >= 0.3 is 0 Å². The zero-order valence-electron chi connectivity index (χ0n) is 19.5. The Bertz CT molecular complexity index is 1580. The molecule has 5 rings (SSSR count). The molecule has 1 heterocycles. The van der Waals surface area contributed by atoms with Crippen LogP contribution in [0, 0.1) is 6.92 Å². The van der Waals surface area contributed by atoms with Crippen molar-refractivity contribution < 1.29 is 9.59 Å². The van der Waals surface area contributed by atoms with Crippen molar-refractivity contribution in [3.05, 3.63) is 125 Å².